The average molecular weight is 1020 g/mol. The second-order valence-corrected chi connectivity index (χ2v) is 20.3. The van der Waals surface area contributed by atoms with Crippen molar-refractivity contribution in [2.75, 3.05) is 43.4 Å². The summed E-state index contributed by atoms with van der Waals surface area (Å²) in [5.41, 5.74) is 0.862. The van der Waals surface area contributed by atoms with Crippen LogP contribution in [0.1, 0.15) is 78.6 Å². The number of H-pyrrole nitrogens is 1. The van der Waals surface area contributed by atoms with E-state index < -0.39 is 88.4 Å². The minimum Gasteiger partial charge on any atom is -0.391 e. The van der Waals surface area contributed by atoms with Crippen LogP contribution in [-0.4, -0.2) is 118 Å². The van der Waals surface area contributed by atoms with Gasteiger partial charge in [-0.2, -0.15) is 13.2 Å². The Balaban J connectivity index is 1.02. The number of aromatic nitrogens is 2. The number of carbonyl (C=O) groups is 5. The molecule has 0 saturated carbocycles. The van der Waals surface area contributed by atoms with Crippen LogP contribution < -0.4 is 31.7 Å². The van der Waals surface area contributed by atoms with Gasteiger partial charge in [0, 0.05) is 68.1 Å². The molecule has 5 amide bonds. The van der Waals surface area contributed by atoms with E-state index in [9.17, 15) is 47.0 Å². The zero-order valence-electron chi connectivity index (χ0n) is 40.7. The van der Waals surface area contributed by atoms with Crippen molar-refractivity contribution in [2.24, 2.45) is 5.41 Å². The van der Waals surface area contributed by atoms with E-state index in [0.717, 1.165) is 27.8 Å². The first-order valence-electron chi connectivity index (χ1n) is 23.2. The van der Waals surface area contributed by atoms with Gasteiger partial charge in [0.2, 0.25) is 23.3 Å². The number of anilines is 2. The number of hydrogen-bond donors (Lipinski definition) is 6. The molecule has 7 rings (SSSR count). The van der Waals surface area contributed by atoms with Crippen LogP contribution in [0.15, 0.2) is 83.2 Å². The van der Waals surface area contributed by atoms with Crippen molar-refractivity contribution in [3.05, 3.63) is 123 Å². The number of amides is 5. The normalized spacial score (nSPS) is 18.9. The smallest absolute Gasteiger partial charge is 0.391 e. The monoisotopic (exact) mass is 1020 g/mol. The average Bonchev–Trinajstić information content (AvgIpc) is 3.94. The number of rotatable bonds is 13. The Labute approximate surface area is 417 Å². The molecule has 0 bridgehead atoms. The van der Waals surface area contributed by atoms with Crippen LogP contribution >= 0.6 is 11.3 Å². The molecule has 4 heterocycles. The largest absolute Gasteiger partial charge is 0.417 e. The number of hydrogen-bond acceptors (Lipinski definition) is 11. The van der Waals surface area contributed by atoms with Crippen LogP contribution in [0, 0.1) is 18.2 Å². The number of aliphatic hydroxyl groups excluding tert-OH is 1. The second kappa shape index (κ2) is 21.4. The third-order valence-corrected chi connectivity index (χ3v) is 14.1. The topological polar surface area (TPSA) is 209 Å². The van der Waals surface area contributed by atoms with Gasteiger partial charge in [0.1, 0.15) is 17.9 Å². The summed E-state index contributed by atoms with van der Waals surface area (Å²) >= 11 is 1.53. The molecule has 72 heavy (non-hydrogen) atoms. The fraction of sp³-hybridized carbons (Fsp3) is 0.392. The van der Waals surface area contributed by atoms with Gasteiger partial charge in [-0.3, -0.25) is 33.7 Å². The van der Waals surface area contributed by atoms with Crippen molar-refractivity contribution < 1.29 is 46.6 Å². The number of piperazine rings is 1. The lowest BCUT2D eigenvalue weighted by molar-refractivity contribution is -0.143. The van der Waals surface area contributed by atoms with Gasteiger partial charge in [0.25, 0.3) is 11.8 Å². The Morgan fingerprint density at radius 2 is 1.58 bits per heavy atom. The van der Waals surface area contributed by atoms with E-state index in [1.807, 2.05) is 57.0 Å². The molecule has 0 radical (unpaired) electrons. The van der Waals surface area contributed by atoms with Crippen molar-refractivity contribution in [3.8, 4) is 21.6 Å². The molecule has 0 aliphatic carbocycles. The number of aliphatic hydroxyl groups is 1. The molecule has 2 saturated heterocycles. The van der Waals surface area contributed by atoms with Crippen LogP contribution in [0.25, 0.3) is 21.6 Å². The van der Waals surface area contributed by atoms with Crippen LogP contribution in [0.4, 0.5) is 28.9 Å². The molecule has 0 spiro atoms. The number of aryl methyl sites for hydroxylation is 1. The van der Waals surface area contributed by atoms with Crippen molar-refractivity contribution >= 4 is 52.2 Å². The highest BCUT2D eigenvalue weighted by Gasteiger charge is 2.44. The number of alkyl halides is 3. The number of likely N-dealkylation sites (N-methyl/N-ethyl adjacent to an activating group) is 1. The Morgan fingerprint density at radius 1 is 0.903 bits per heavy atom. The fourth-order valence-electron chi connectivity index (χ4n) is 8.91. The number of β-amino-alcohol motifs (C(OH)–C–C–N with tert-alkyl or cyclic N) is 1. The first kappa shape index (κ1) is 52.8. The minimum atomic E-state index is -5.02. The van der Waals surface area contributed by atoms with Crippen molar-refractivity contribution in [1.29, 1.82) is 0 Å². The number of halogens is 4. The van der Waals surface area contributed by atoms with Gasteiger partial charge in [-0.05, 0) is 74.2 Å². The number of pyridine rings is 1. The molecule has 2 aliphatic heterocycles. The van der Waals surface area contributed by atoms with Gasteiger partial charge >= 0.3 is 6.18 Å². The number of nitrogens with one attached hydrogen (secondary N) is 5. The number of aromatic amines is 1. The van der Waals surface area contributed by atoms with Crippen molar-refractivity contribution in [2.45, 2.75) is 91.0 Å². The molecule has 2 aromatic heterocycles. The maximum absolute atomic E-state index is 16.0. The third-order valence-electron chi connectivity index (χ3n) is 13.1. The minimum absolute atomic E-state index is 0.0138. The zero-order valence-corrected chi connectivity index (χ0v) is 41.6. The molecule has 3 aromatic carbocycles. The first-order valence-corrected chi connectivity index (χ1v) is 24.1. The summed E-state index contributed by atoms with van der Waals surface area (Å²) in [6.07, 6.45) is -5.34. The van der Waals surface area contributed by atoms with Crippen molar-refractivity contribution in [1.82, 2.24) is 35.7 Å². The lowest BCUT2D eigenvalue weighted by Crippen LogP contribution is -2.58. The molecule has 5 aromatic rings. The molecule has 5 atom stereocenters. The van der Waals surface area contributed by atoms with Crippen molar-refractivity contribution in [3.63, 3.8) is 0 Å². The van der Waals surface area contributed by atoms with Crippen LogP contribution in [0.5, 0.6) is 0 Å². The highest BCUT2D eigenvalue weighted by molar-refractivity contribution is 7.13. The molecular formula is C51H57F4N9O7S. The predicted molar refractivity (Wildman–Crippen MR) is 265 cm³/mol. The maximum atomic E-state index is 16.0. The van der Waals surface area contributed by atoms with Gasteiger partial charge < -0.3 is 41.2 Å². The summed E-state index contributed by atoms with van der Waals surface area (Å²) in [4.78, 5) is 92.6. The summed E-state index contributed by atoms with van der Waals surface area (Å²) in [5, 5.41) is 21.2. The predicted octanol–water partition coefficient (Wildman–Crippen LogP) is 5.95. The Morgan fingerprint density at radius 3 is 2.21 bits per heavy atom. The third kappa shape index (κ3) is 12.0. The fourth-order valence-corrected chi connectivity index (χ4v) is 9.72. The first-order chi connectivity index (χ1) is 33.9. The van der Waals surface area contributed by atoms with E-state index in [0.29, 0.717) is 31.0 Å². The summed E-state index contributed by atoms with van der Waals surface area (Å²) in [6, 6.07) is 14.0. The Hall–Kier alpha value is -6.97. The number of benzene rings is 3. The SMILES string of the molecule is Cc1ncsc1-c1ccc(CNC(=O)[C@@H]2C[C@@H](O)CN2C(=O)[C@@H](NC(=O)CNC(=O)c2ccc(-c3ccc(N4C[C@@H](C)N(C)[C@@H](C)C4)c(NC(=O)c4c[nH]c(=O)cc4C(F)(F)F)c3)c(F)c2)C(C)(C)C)cc1. The standard InChI is InChI=1S/C51H57F4N9O7S/c1-27-23-63(24-28(2)62(27)7)40-15-13-32(17-39(40)60-47(69)36-21-56-42(66)19-37(36)51(53,54)55)35-14-12-33(16-38(35)52)46(68)58-22-43(67)61-45(50(4,5)6)49(71)64-25-34(65)18-41(64)48(70)57-20-30-8-10-31(11-9-30)44-29(3)59-26-72-44/h8-17,19,21,26-28,34,41,45,65H,18,20,22-25H2,1-7H3,(H,56,66)(H,57,70)(H,58,68)(H,60,69)(H,61,67)/t27-,28+,34-,41+,45-/m1/s1. The van der Waals surface area contributed by atoms with Crippen LogP contribution in [0.2, 0.25) is 0 Å². The number of nitrogens with zero attached hydrogens (tertiary/aromatic N) is 4. The molecule has 6 N–H and O–H groups in total. The Bertz CT molecular complexity index is 2910. The highest BCUT2D eigenvalue weighted by Crippen LogP contribution is 2.37. The molecule has 0 unspecified atom stereocenters. The summed E-state index contributed by atoms with van der Waals surface area (Å²) in [5.74, 6) is -4.70. The van der Waals surface area contributed by atoms with E-state index in [2.05, 4.69) is 36.1 Å². The zero-order chi connectivity index (χ0) is 52.4. The molecule has 21 heteroatoms. The van der Waals surface area contributed by atoms with Crippen LogP contribution in [-0.2, 0) is 27.1 Å². The number of likely N-dealkylation sites (tertiary alicyclic amines) is 1. The number of carbonyl (C=O) groups excluding carboxylic acids is 5. The quantitative estimate of drug-likeness (QED) is 0.0764. The summed E-state index contributed by atoms with van der Waals surface area (Å²) in [6.45, 7) is 11.5. The number of thiazole rings is 1. The second-order valence-electron chi connectivity index (χ2n) is 19.4. The van der Waals surface area contributed by atoms with Gasteiger partial charge in [-0.25, -0.2) is 9.37 Å². The molecular weight excluding hydrogens is 959 g/mol. The molecule has 2 fully saturated rings. The summed E-state index contributed by atoms with van der Waals surface area (Å²) < 4.78 is 58.0. The molecule has 2 aliphatic rings. The maximum Gasteiger partial charge on any atom is 0.417 e. The van der Waals surface area contributed by atoms with Gasteiger partial charge in [0.15, 0.2) is 0 Å². The van der Waals surface area contributed by atoms with E-state index in [-0.39, 0.29) is 54.0 Å². The van der Waals surface area contributed by atoms with Crippen LogP contribution in [0.3, 0.4) is 0 Å². The lowest BCUT2D eigenvalue weighted by Gasteiger charge is -2.44. The van der Waals surface area contributed by atoms with Gasteiger partial charge in [-0.1, -0.05) is 57.2 Å². The lowest BCUT2D eigenvalue weighted by atomic mass is 9.85. The van der Waals surface area contributed by atoms with E-state index in [1.54, 1.807) is 38.4 Å². The Kier molecular flexibility index (Phi) is 15.7. The summed E-state index contributed by atoms with van der Waals surface area (Å²) in [7, 11) is 1.97. The van der Waals surface area contributed by atoms with Gasteiger partial charge in [-0.15, -0.1) is 11.3 Å². The molecule has 16 nitrogen and oxygen atoms in total. The molecule has 382 valence electrons. The van der Waals surface area contributed by atoms with E-state index >= 15 is 4.39 Å². The highest BCUT2D eigenvalue weighted by atomic mass is 32.1. The van der Waals surface area contributed by atoms with E-state index in [4.69, 9.17) is 0 Å². The van der Waals surface area contributed by atoms with Gasteiger partial charge in [0.05, 0.1) is 51.2 Å². The van der Waals surface area contributed by atoms with E-state index in [1.165, 1.54) is 34.4 Å².